The second-order valence-electron chi connectivity index (χ2n) is 5.39. The van der Waals surface area contributed by atoms with Crippen molar-refractivity contribution in [1.82, 2.24) is 5.32 Å². The first-order valence-corrected chi connectivity index (χ1v) is 6.56. The van der Waals surface area contributed by atoms with Gasteiger partial charge >= 0.3 is 0 Å². The molecule has 0 aliphatic rings. The predicted molar refractivity (Wildman–Crippen MR) is 75.2 cm³/mol. The predicted octanol–water partition coefficient (Wildman–Crippen LogP) is 1.76. The highest BCUT2D eigenvalue weighted by Crippen LogP contribution is 2.14. The summed E-state index contributed by atoms with van der Waals surface area (Å²) in [7, 11) is 0. The van der Waals surface area contributed by atoms with Crippen molar-refractivity contribution in [3.8, 4) is 5.75 Å². The molecule has 0 aromatic heterocycles. The first kappa shape index (κ1) is 15.5. The number of aliphatic hydroxyl groups is 1. The van der Waals surface area contributed by atoms with Crippen LogP contribution in [-0.2, 0) is 11.2 Å². The summed E-state index contributed by atoms with van der Waals surface area (Å²) in [5.74, 6) is 0.527. The van der Waals surface area contributed by atoms with Crippen molar-refractivity contribution >= 4 is 5.91 Å². The number of aliphatic hydroxyl groups excluding tert-OH is 1. The molecule has 0 saturated carbocycles. The number of amides is 1. The van der Waals surface area contributed by atoms with Gasteiger partial charge in [0.25, 0.3) is 5.91 Å². The van der Waals surface area contributed by atoms with Crippen LogP contribution in [0.4, 0.5) is 0 Å². The van der Waals surface area contributed by atoms with Gasteiger partial charge in [0.1, 0.15) is 5.75 Å². The summed E-state index contributed by atoms with van der Waals surface area (Å²) in [5, 5.41) is 11.8. The molecule has 0 atom stereocenters. The molecular formula is C15H23NO3. The van der Waals surface area contributed by atoms with E-state index in [0.717, 1.165) is 6.42 Å². The highest BCUT2D eigenvalue weighted by atomic mass is 16.5. The zero-order chi connectivity index (χ0) is 14.3. The largest absolute Gasteiger partial charge is 0.484 e. The standard InChI is InChI=1S/C15H23NO3/c1-4-12-6-5-7-13(8-12)19-9-14(18)16-10-15(2,3)11-17/h5-8,17H,4,9-11H2,1-3H3,(H,16,18). The minimum atomic E-state index is -0.308. The summed E-state index contributed by atoms with van der Waals surface area (Å²) in [6, 6.07) is 7.71. The molecule has 19 heavy (non-hydrogen) atoms. The van der Waals surface area contributed by atoms with E-state index < -0.39 is 0 Å². The SMILES string of the molecule is CCc1cccc(OCC(=O)NCC(C)(C)CO)c1. The number of aryl methyl sites for hydroxylation is 1. The molecule has 0 fully saturated rings. The van der Waals surface area contributed by atoms with E-state index in [1.165, 1.54) is 5.56 Å². The summed E-state index contributed by atoms with van der Waals surface area (Å²) in [5.41, 5.74) is 0.872. The summed E-state index contributed by atoms with van der Waals surface area (Å²) in [6.45, 7) is 6.31. The number of nitrogens with one attached hydrogen (secondary N) is 1. The van der Waals surface area contributed by atoms with E-state index in [9.17, 15) is 4.79 Å². The quantitative estimate of drug-likeness (QED) is 0.790. The minimum absolute atomic E-state index is 0.00528. The van der Waals surface area contributed by atoms with Crippen LogP contribution in [0.2, 0.25) is 0 Å². The van der Waals surface area contributed by atoms with Gasteiger partial charge in [-0.25, -0.2) is 0 Å². The van der Waals surface area contributed by atoms with Crippen molar-refractivity contribution in [2.24, 2.45) is 5.41 Å². The van der Waals surface area contributed by atoms with Crippen molar-refractivity contribution < 1.29 is 14.6 Å². The molecule has 1 amide bonds. The highest BCUT2D eigenvalue weighted by Gasteiger charge is 2.17. The maximum absolute atomic E-state index is 11.6. The van der Waals surface area contributed by atoms with E-state index >= 15 is 0 Å². The molecule has 4 nitrogen and oxygen atoms in total. The summed E-state index contributed by atoms with van der Waals surface area (Å²) < 4.78 is 5.43. The van der Waals surface area contributed by atoms with Crippen LogP contribution in [-0.4, -0.2) is 30.8 Å². The van der Waals surface area contributed by atoms with Crippen LogP contribution < -0.4 is 10.1 Å². The molecule has 0 radical (unpaired) electrons. The Morgan fingerprint density at radius 1 is 1.42 bits per heavy atom. The molecule has 1 aromatic carbocycles. The van der Waals surface area contributed by atoms with Crippen LogP contribution in [0.25, 0.3) is 0 Å². The van der Waals surface area contributed by atoms with E-state index in [2.05, 4.69) is 12.2 Å². The van der Waals surface area contributed by atoms with Gasteiger partial charge in [-0.3, -0.25) is 4.79 Å². The fourth-order valence-electron chi connectivity index (χ4n) is 1.45. The summed E-state index contributed by atoms with van der Waals surface area (Å²) in [6.07, 6.45) is 0.939. The lowest BCUT2D eigenvalue weighted by Gasteiger charge is -2.21. The third-order valence-corrected chi connectivity index (χ3v) is 2.87. The topological polar surface area (TPSA) is 58.6 Å². The smallest absolute Gasteiger partial charge is 0.257 e. The monoisotopic (exact) mass is 265 g/mol. The highest BCUT2D eigenvalue weighted by molar-refractivity contribution is 5.77. The van der Waals surface area contributed by atoms with Crippen LogP contribution in [0.15, 0.2) is 24.3 Å². The number of hydrogen-bond acceptors (Lipinski definition) is 3. The van der Waals surface area contributed by atoms with Crippen molar-refractivity contribution in [1.29, 1.82) is 0 Å². The van der Waals surface area contributed by atoms with Crippen molar-refractivity contribution in [2.45, 2.75) is 27.2 Å². The van der Waals surface area contributed by atoms with E-state index in [1.807, 2.05) is 38.1 Å². The Kier molecular flexibility index (Phi) is 5.83. The maximum Gasteiger partial charge on any atom is 0.257 e. The zero-order valence-electron chi connectivity index (χ0n) is 11.9. The zero-order valence-corrected chi connectivity index (χ0v) is 11.9. The van der Waals surface area contributed by atoms with E-state index in [0.29, 0.717) is 12.3 Å². The number of hydrogen-bond donors (Lipinski definition) is 2. The Hall–Kier alpha value is -1.55. The second kappa shape index (κ2) is 7.14. The first-order chi connectivity index (χ1) is 8.96. The molecule has 1 rings (SSSR count). The molecule has 0 heterocycles. The lowest BCUT2D eigenvalue weighted by Crippen LogP contribution is -2.38. The Morgan fingerprint density at radius 2 is 2.16 bits per heavy atom. The van der Waals surface area contributed by atoms with Crippen LogP contribution in [0.1, 0.15) is 26.3 Å². The van der Waals surface area contributed by atoms with E-state index in [-0.39, 0.29) is 24.5 Å². The number of carbonyl (C=O) groups excluding carboxylic acids is 1. The Labute approximate surface area is 114 Å². The molecule has 2 N–H and O–H groups in total. The molecule has 0 bridgehead atoms. The Balaban J connectivity index is 2.37. The summed E-state index contributed by atoms with van der Waals surface area (Å²) in [4.78, 5) is 11.6. The number of ether oxygens (including phenoxy) is 1. The van der Waals surface area contributed by atoms with Crippen LogP contribution in [0.3, 0.4) is 0 Å². The van der Waals surface area contributed by atoms with Crippen LogP contribution in [0.5, 0.6) is 5.75 Å². The van der Waals surface area contributed by atoms with Gasteiger partial charge in [-0.15, -0.1) is 0 Å². The molecule has 0 aliphatic heterocycles. The second-order valence-corrected chi connectivity index (χ2v) is 5.39. The Bertz CT molecular complexity index is 416. The molecule has 0 unspecified atom stereocenters. The van der Waals surface area contributed by atoms with Crippen LogP contribution in [0, 0.1) is 5.41 Å². The van der Waals surface area contributed by atoms with Crippen molar-refractivity contribution in [3.63, 3.8) is 0 Å². The minimum Gasteiger partial charge on any atom is -0.484 e. The number of benzene rings is 1. The van der Waals surface area contributed by atoms with Gasteiger partial charge in [-0.05, 0) is 24.1 Å². The fraction of sp³-hybridized carbons (Fsp3) is 0.533. The molecule has 0 spiro atoms. The Morgan fingerprint density at radius 3 is 2.79 bits per heavy atom. The van der Waals surface area contributed by atoms with E-state index in [1.54, 1.807) is 0 Å². The van der Waals surface area contributed by atoms with Gasteiger partial charge in [0.2, 0.25) is 0 Å². The lowest BCUT2D eigenvalue weighted by atomic mass is 9.95. The van der Waals surface area contributed by atoms with Crippen LogP contribution >= 0.6 is 0 Å². The maximum atomic E-state index is 11.6. The molecule has 4 heteroatoms. The average Bonchev–Trinajstić information content (AvgIpc) is 2.43. The van der Waals surface area contributed by atoms with Crippen molar-refractivity contribution in [2.75, 3.05) is 19.8 Å². The molecule has 0 aliphatic carbocycles. The number of carbonyl (C=O) groups is 1. The molecule has 1 aromatic rings. The van der Waals surface area contributed by atoms with Gasteiger partial charge in [0.15, 0.2) is 6.61 Å². The fourth-order valence-corrected chi connectivity index (χ4v) is 1.45. The third-order valence-electron chi connectivity index (χ3n) is 2.87. The van der Waals surface area contributed by atoms with Gasteiger partial charge in [0, 0.05) is 18.6 Å². The molecule has 0 saturated heterocycles. The van der Waals surface area contributed by atoms with Gasteiger partial charge in [0.05, 0.1) is 0 Å². The van der Waals surface area contributed by atoms with E-state index in [4.69, 9.17) is 9.84 Å². The lowest BCUT2D eigenvalue weighted by molar-refractivity contribution is -0.123. The summed E-state index contributed by atoms with van der Waals surface area (Å²) >= 11 is 0. The van der Waals surface area contributed by atoms with Crippen molar-refractivity contribution in [3.05, 3.63) is 29.8 Å². The molecule has 106 valence electrons. The third kappa shape index (κ3) is 5.75. The van der Waals surface area contributed by atoms with Gasteiger partial charge in [-0.1, -0.05) is 32.9 Å². The van der Waals surface area contributed by atoms with Gasteiger partial charge in [-0.2, -0.15) is 0 Å². The first-order valence-electron chi connectivity index (χ1n) is 6.56. The van der Waals surface area contributed by atoms with Gasteiger partial charge < -0.3 is 15.2 Å². The average molecular weight is 265 g/mol. The molecular weight excluding hydrogens is 242 g/mol. The normalized spacial score (nSPS) is 11.2. The number of rotatable bonds is 7.